The van der Waals surface area contributed by atoms with E-state index in [1.54, 1.807) is 12.1 Å². The van der Waals surface area contributed by atoms with E-state index in [0.29, 0.717) is 37.5 Å². The van der Waals surface area contributed by atoms with Crippen LogP contribution in [0, 0.1) is 5.92 Å². The van der Waals surface area contributed by atoms with Crippen molar-refractivity contribution in [3.05, 3.63) is 34.9 Å². The van der Waals surface area contributed by atoms with Crippen molar-refractivity contribution in [1.82, 2.24) is 20.1 Å². The van der Waals surface area contributed by atoms with Crippen molar-refractivity contribution < 1.29 is 23.4 Å². The van der Waals surface area contributed by atoms with Crippen LogP contribution in [0.3, 0.4) is 0 Å². The van der Waals surface area contributed by atoms with Crippen LogP contribution in [0.4, 0.5) is 8.78 Å². The van der Waals surface area contributed by atoms with Crippen LogP contribution in [0.2, 0.25) is 0 Å². The SMILES string of the molecule is CC1(C)Cc2ccc(C(=O)NCC3CCc4nnc(C(F)F)n4C3)c(O)c2O1. The number of aryl methyl sites for hydroxylation is 1. The fourth-order valence-corrected chi connectivity index (χ4v) is 3.90. The number of alkyl halides is 2. The summed E-state index contributed by atoms with van der Waals surface area (Å²) in [4.78, 5) is 12.6. The van der Waals surface area contributed by atoms with Crippen LogP contribution < -0.4 is 10.1 Å². The van der Waals surface area contributed by atoms with Crippen LogP contribution in [0.1, 0.15) is 54.3 Å². The number of halogens is 2. The molecule has 0 spiro atoms. The molecule has 0 fully saturated rings. The number of rotatable bonds is 4. The molecule has 0 radical (unpaired) electrons. The standard InChI is InChI=1S/C19H22F2N4O3/c1-19(2)7-11-4-5-12(14(26)15(11)28-19)18(27)22-8-10-3-6-13-23-24-17(16(20)21)25(13)9-10/h4-5,10,16,26H,3,6-9H2,1-2H3,(H,22,27). The summed E-state index contributed by atoms with van der Waals surface area (Å²) in [5.74, 6) is -0.0266. The first-order chi connectivity index (χ1) is 13.2. The van der Waals surface area contributed by atoms with E-state index in [1.165, 1.54) is 4.57 Å². The zero-order valence-electron chi connectivity index (χ0n) is 15.7. The second-order valence-corrected chi connectivity index (χ2v) is 7.99. The number of carbonyl (C=O) groups is 1. The van der Waals surface area contributed by atoms with Gasteiger partial charge in [-0.15, -0.1) is 10.2 Å². The van der Waals surface area contributed by atoms with Gasteiger partial charge < -0.3 is 19.7 Å². The molecule has 1 unspecified atom stereocenters. The fraction of sp³-hybridized carbons (Fsp3) is 0.526. The third-order valence-electron chi connectivity index (χ3n) is 5.27. The van der Waals surface area contributed by atoms with Crippen molar-refractivity contribution in [1.29, 1.82) is 0 Å². The van der Waals surface area contributed by atoms with Crippen molar-refractivity contribution in [3.8, 4) is 11.5 Å². The van der Waals surface area contributed by atoms with Crippen LogP contribution in [0.5, 0.6) is 11.5 Å². The maximum atomic E-state index is 13.0. The normalized spacial score (nSPS) is 19.8. The van der Waals surface area contributed by atoms with Gasteiger partial charge in [0.25, 0.3) is 12.3 Å². The molecule has 1 aromatic carbocycles. The summed E-state index contributed by atoms with van der Waals surface area (Å²) in [6.07, 6.45) is -0.766. The summed E-state index contributed by atoms with van der Waals surface area (Å²) in [5, 5.41) is 20.6. The summed E-state index contributed by atoms with van der Waals surface area (Å²) in [6.45, 7) is 4.47. The topological polar surface area (TPSA) is 89.3 Å². The third kappa shape index (κ3) is 3.29. The third-order valence-corrected chi connectivity index (χ3v) is 5.27. The predicted molar refractivity (Wildman–Crippen MR) is 95.6 cm³/mol. The average Bonchev–Trinajstić information content (AvgIpc) is 3.19. The molecule has 1 amide bonds. The van der Waals surface area contributed by atoms with E-state index in [4.69, 9.17) is 4.74 Å². The summed E-state index contributed by atoms with van der Waals surface area (Å²) in [6, 6.07) is 3.37. The second-order valence-electron chi connectivity index (χ2n) is 7.99. The Kier molecular flexibility index (Phi) is 4.47. The Labute approximate surface area is 160 Å². The van der Waals surface area contributed by atoms with Gasteiger partial charge >= 0.3 is 0 Å². The molecule has 0 saturated carbocycles. The number of aromatic nitrogens is 3. The zero-order chi connectivity index (χ0) is 20.1. The highest BCUT2D eigenvalue weighted by molar-refractivity contribution is 5.98. The van der Waals surface area contributed by atoms with Crippen molar-refractivity contribution in [2.45, 2.75) is 51.7 Å². The van der Waals surface area contributed by atoms with E-state index in [0.717, 1.165) is 12.0 Å². The van der Waals surface area contributed by atoms with E-state index in [2.05, 4.69) is 15.5 Å². The predicted octanol–water partition coefficient (Wildman–Crippen LogP) is 2.63. The van der Waals surface area contributed by atoms with Crippen LogP contribution in [0.25, 0.3) is 0 Å². The summed E-state index contributed by atoms with van der Waals surface area (Å²) in [7, 11) is 0. The van der Waals surface area contributed by atoms with Gasteiger partial charge in [0, 0.05) is 31.5 Å². The molecule has 9 heteroatoms. The monoisotopic (exact) mass is 392 g/mol. The first-order valence-corrected chi connectivity index (χ1v) is 9.27. The maximum absolute atomic E-state index is 13.0. The van der Waals surface area contributed by atoms with Gasteiger partial charge in [0.15, 0.2) is 17.3 Å². The highest BCUT2D eigenvalue weighted by atomic mass is 19.3. The molecule has 2 aromatic rings. The lowest BCUT2D eigenvalue weighted by Crippen LogP contribution is -2.34. The Morgan fingerprint density at radius 2 is 2.21 bits per heavy atom. The number of nitrogens with zero attached hydrogens (tertiary/aromatic N) is 3. The minimum Gasteiger partial charge on any atom is -0.504 e. The number of amides is 1. The molecule has 7 nitrogen and oxygen atoms in total. The molecule has 3 heterocycles. The smallest absolute Gasteiger partial charge is 0.297 e. The van der Waals surface area contributed by atoms with Crippen LogP contribution in [0.15, 0.2) is 12.1 Å². The van der Waals surface area contributed by atoms with Crippen LogP contribution in [-0.4, -0.2) is 37.9 Å². The highest BCUT2D eigenvalue weighted by Gasteiger charge is 2.34. The molecule has 1 aromatic heterocycles. The Balaban J connectivity index is 1.43. The van der Waals surface area contributed by atoms with E-state index in [9.17, 15) is 18.7 Å². The average molecular weight is 392 g/mol. The molecule has 28 heavy (non-hydrogen) atoms. The molecular formula is C19H22F2N4O3. The molecule has 0 saturated heterocycles. The Bertz CT molecular complexity index is 926. The minimum atomic E-state index is -2.68. The Hall–Kier alpha value is -2.71. The van der Waals surface area contributed by atoms with E-state index in [-0.39, 0.29) is 23.1 Å². The second kappa shape index (κ2) is 6.72. The van der Waals surface area contributed by atoms with E-state index in [1.807, 2.05) is 13.8 Å². The number of nitrogens with one attached hydrogen (secondary N) is 1. The van der Waals surface area contributed by atoms with Gasteiger partial charge in [-0.3, -0.25) is 4.79 Å². The molecule has 0 bridgehead atoms. The van der Waals surface area contributed by atoms with Crippen molar-refractivity contribution in [3.63, 3.8) is 0 Å². The van der Waals surface area contributed by atoms with Gasteiger partial charge in [0.1, 0.15) is 11.4 Å². The van der Waals surface area contributed by atoms with Crippen LogP contribution >= 0.6 is 0 Å². The van der Waals surface area contributed by atoms with E-state index < -0.39 is 17.9 Å². The number of hydrogen-bond donors (Lipinski definition) is 2. The maximum Gasteiger partial charge on any atom is 0.297 e. The number of aromatic hydroxyl groups is 1. The van der Waals surface area contributed by atoms with Gasteiger partial charge in [-0.05, 0) is 32.3 Å². The van der Waals surface area contributed by atoms with Crippen molar-refractivity contribution in [2.75, 3.05) is 6.54 Å². The number of hydrogen-bond acceptors (Lipinski definition) is 5. The van der Waals surface area contributed by atoms with E-state index >= 15 is 0 Å². The molecule has 2 N–H and O–H groups in total. The lowest BCUT2D eigenvalue weighted by Gasteiger charge is -2.24. The molecule has 2 aliphatic rings. The molecule has 1 atom stereocenters. The lowest BCUT2D eigenvalue weighted by atomic mass is 9.98. The van der Waals surface area contributed by atoms with Gasteiger partial charge in [-0.2, -0.15) is 0 Å². The summed E-state index contributed by atoms with van der Waals surface area (Å²) in [5.41, 5.74) is 0.590. The first-order valence-electron chi connectivity index (χ1n) is 9.27. The largest absolute Gasteiger partial charge is 0.504 e. The van der Waals surface area contributed by atoms with Crippen molar-refractivity contribution >= 4 is 5.91 Å². The number of phenols is 1. The minimum absolute atomic E-state index is 0.0169. The van der Waals surface area contributed by atoms with Crippen LogP contribution in [-0.2, 0) is 19.4 Å². The number of phenolic OH excluding ortho intramolecular Hbond substituents is 1. The molecule has 4 rings (SSSR count). The lowest BCUT2D eigenvalue weighted by molar-refractivity contribution is 0.0935. The molecule has 150 valence electrons. The Morgan fingerprint density at radius 1 is 1.43 bits per heavy atom. The quantitative estimate of drug-likeness (QED) is 0.835. The zero-order valence-corrected chi connectivity index (χ0v) is 15.7. The number of carbonyl (C=O) groups excluding carboxylic acids is 1. The van der Waals surface area contributed by atoms with Gasteiger partial charge in [-0.25, -0.2) is 8.78 Å². The molecule has 0 aliphatic carbocycles. The fourth-order valence-electron chi connectivity index (χ4n) is 3.90. The highest BCUT2D eigenvalue weighted by Crippen LogP contribution is 2.43. The molecular weight excluding hydrogens is 370 g/mol. The van der Waals surface area contributed by atoms with Gasteiger partial charge in [0.2, 0.25) is 0 Å². The summed E-state index contributed by atoms with van der Waals surface area (Å²) >= 11 is 0. The van der Waals surface area contributed by atoms with Crippen molar-refractivity contribution in [2.24, 2.45) is 5.92 Å². The number of benzene rings is 1. The number of fused-ring (bicyclic) bond motifs is 2. The Morgan fingerprint density at radius 3 is 2.96 bits per heavy atom. The molecule has 2 aliphatic heterocycles. The van der Waals surface area contributed by atoms with Gasteiger partial charge in [-0.1, -0.05) is 6.07 Å². The first kappa shape index (κ1) is 18.6. The van der Waals surface area contributed by atoms with Gasteiger partial charge in [0.05, 0.1) is 5.56 Å². The number of ether oxygens (including phenoxy) is 1. The summed E-state index contributed by atoms with van der Waals surface area (Å²) < 4.78 is 33.2.